The third-order valence-corrected chi connectivity index (χ3v) is 1.53. The number of rotatable bonds is 0. The van der Waals surface area contributed by atoms with Gasteiger partial charge in [0.1, 0.15) is 5.76 Å². The van der Waals surface area contributed by atoms with Crippen molar-refractivity contribution in [1.82, 2.24) is 0 Å². The molecule has 0 saturated carbocycles. The van der Waals surface area contributed by atoms with Crippen LogP contribution in [-0.4, -0.2) is 0 Å². The van der Waals surface area contributed by atoms with Crippen LogP contribution in [0.1, 0.15) is 30.7 Å². The first-order valence-corrected chi connectivity index (χ1v) is 3.73. The second-order valence-electron chi connectivity index (χ2n) is 2.10. The molecule has 1 aromatic heterocycles. The van der Waals surface area contributed by atoms with Crippen LogP contribution in [0, 0.1) is 20.8 Å². The number of aryl methyl sites for hydroxylation is 2. The molecule has 10 heavy (non-hydrogen) atoms. The number of furan rings is 1. The Labute approximate surface area is 63.1 Å². The van der Waals surface area contributed by atoms with Gasteiger partial charge in [-0.2, -0.15) is 0 Å². The third kappa shape index (κ3) is 1.90. The Morgan fingerprint density at radius 3 is 1.70 bits per heavy atom. The molecule has 0 spiro atoms. The van der Waals surface area contributed by atoms with E-state index in [2.05, 4.69) is 6.92 Å². The lowest BCUT2D eigenvalue weighted by Gasteiger charge is -1.83. The van der Waals surface area contributed by atoms with Crippen molar-refractivity contribution in [2.75, 3.05) is 0 Å². The predicted octanol–water partition coefficient (Wildman–Crippen LogP) is 3.23. The maximum atomic E-state index is 5.09. The molecular formula is C9H16O. The van der Waals surface area contributed by atoms with Gasteiger partial charge >= 0.3 is 0 Å². The van der Waals surface area contributed by atoms with E-state index >= 15 is 0 Å². The molecule has 1 rings (SSSR count). The van der Waals surface area contributed by atoms with Gasteiger partial charge in [0.2, 0.25) is 0 Å². The normalized spacial score (nSPS) is 8.50. The summed E-state index contributed by atoms with van der Waals surface area (Å²) >= 11 is 0. The molecule has 0 aliphatic carbocycles. The fourth-order valence-electron chi connectivity index (χ4n) is 0.631. The molecule has 1 heterocycles. The summed E-state index contributed by atoms with van der Waals surface area (Å²) in [4.78, 5) is 0. The molecule has 0 N–H and O–H groups in total. The van der Waals surface area contributed by atoms with Gasteiger partial charge in [0.05, 0.1) is 6.26 Å². The van der Waals surface area contributed by atoms with E-state index in [1.54, 1.807) is 6.26 Å². The van der Waals surface area contributed by atoms with Crippen LogP contribution in [0.5, 0.6) is 0 Å². The molecule has 1 aromatic rings. The molecule has 0 bridgehead atoms. The summed E-state index contributed by atoms with van der Waals surface area (Å²) < 4.78 is 5.09. The van der Waals surface area contributed by atoms with Gasteiger partial charge in [-0.05, 0) is 31.9 Å². The molecule has 0 atom stereocenters. The summed E-state index contributed by atoms with van der Waals surface area (Å²) in [5.74, 6) is 1.03. The largest absolute Gasteiger partial charge is 0.469 e. The molecule has 0 fully saturated rings. The molecule has 1 nitrogen and oxygen atoms in total. The van der Waals surface area contributed by atoms with E-state index in [9.17, 15) is 0 Å². The van der Waals surface area contributed by atoms with Gasteiger partial charge in [-0.25, -0.2) is 0 Å². The zero-order valence-corrected chi connectivity index (χ0v) is 7.49. The average Bonchev–Trinajstić information content (AvgIpc) is 2.25. The molecule has 0 amide bonds. The van der Waals surface area contributed by atoms with Gasteiger partial charge in [0.25, 0.3) is 0 Å². The number of hydrogen-bond donors (Lipinski definition) is 0. The second kappa shape index (κ2) is 4.15. The van der Waals surface area contributed by atoms with Crippen molar-refractivity contribution >= 4 is 0 Å². The van der Waals surface area contributed by atoms with Gasteiger partial charge in [-0.1, -0.05) is 13.8 Å². The monoisotopic (exact) mass is 140 g/mol. The van der Waals surface area contributed by atoms with Crippen LogP contribution >= 0.6 is 0 Å². The minimum Gasteiger partial charge on any atom is -0.469 e. The first-order valence-electron chi connectivity index (χ1n) is 3.73. The van der Waals surface area contributed by atoms with Crippen LogP contribution in [0.4, 0.5) is 0 Å². The van der Waals surface area contributed by atoms with Crippen molar-refractivity contribution in [3.8, 4) is 0 Å². The summed E-state index contributed by atoms with van der Waals surface area (Å²) in [5, 5.41) is 0. The SMILES string of the molecule is CC.Cc1coc(C)c1C. The molecule has 0 aliphatic rings. The Bertz CT molecular complexity index is 167. The molecule has 0 saturated heterocycles. The van der Waals surface area contributed by atoms with Gasteiger partial charge in [-0.3, -0.25) is 0 Å². The Kier molecular flexibility index (Phi) is 3.85. The van der Waals surface area contributed by atoms with Crippen molar-refractivity contribution in [2.24, 2.45) is 0 Å². The van der Waals surface area contributed by atoms with Crippen LogP contribution in [0.2, 0.25) is 0 Å². The summed E-state index contributed by atoms with van der Waals surface area (Å²) in [6.07, 6.45) is 1.78. The first-order chi connectivity index (χ1) is 4.72. The zero-order chi connectivity index (χ0) is 8.15. The summed E-state index contributed by atoms with van der Waals surface area (Å²) in [6, 6.07) is 0. The molecular weight excluding hydrogens is 124 g/mol. The second-order valence-corrected chi connectivity index (χ2v) is 2.10. The van der Waals surface area contributed by atoms with Crippen molar-refractivity contribution < 1.29 is 4.42 Å². The van der Waals surface area contributed by atoms with Crippen molar-refractivity contribution in [3.05, 3.63) is 23.2 Å². The van der Waals surface area contributed by atoms with Crippen LogP contribution in [0.15, 0.2) is 10.7 Å². The van der Waals surface area contributed by atoms with Gasteiger partial charge in [-0.15, -0.1) is 0 Å². The van der Waals surface area contributed by atoms with E-state index in [1.165, 1.54) is 11.1 Å². The van der Waals surface area contributed by atoms with Gasteiger partial charge in [0.15, 0.2) is 0 Å². The van der Waals surface area contributed by atoms with Gasteiger partial charge < -0.3 is 4.42 Å². The third-order valence-electron chi connectivity index (χ3n) is 1.53. The first kappa shape index (κ1) is 9.28. The highest BCUT2D eigenvalue weighted by atomic mass is 16.3. The summed E-state index contributed by atoms with van der Waals surface area (Å²) in [5.41, 5.74) is 2.51. The number of hydrogen-bond acceptors (Lipinski definition) is 1. The maximum absolute atomic E-state index is 5.09. The summed E-state index contributed by atoms with van der Waals surface area (Å²) in [7, 11) is 0. The molecule has 0 radical (unpaired) electrons. The Hall–Kier alpha value is -0.720. The van der Waals surface area contributed by atoms with Crippen molar-refractivity contribution in [3.63, 3.8) is 0 Å². The minimum atomic E-state index is 1.03. The van der Waals surface area contributed by atoms with Crippen LogP contribution < -0.4 is 0 Å². The lowest BCUT2D eigenvalue weighted by Crippen LogP contribution is -1.71. The van der Waals surface area contributed by atoms with Gasteiger partial charge in [0, 0.05) is 0 Å². The fraction of sp³-hybridized carbons (Fsp3) is 0.556. The highest BCUT2D eigenvalue weighted by Crippen LogP contribution is 2.12. The highest BCUT2D eigenvalue weighted by Gasteiger charge is 1.97. The van der Waals surface area contributed by atoms with E-state index in [-0.39, 0.29) is 0 Å². The van der Waals surface area contributed by atoms with Crippen LogP contribution in [0.25, 0.3) is 0 Å². The highest BCUT2D eigenvalue weighted by molar-refractivity contribution is 5.23. The molecule has 1 heteroatoms. The Morgan fingerprint density at radius 2 is 1.60 bits per heavy atom. The maximum Gasteiger partial charge on any atom is 0.103 e. The van der Waals surface area contributed by atoms with Crippen LogP contribution in [0.3, 0.4) is 0 Å². The Balaban J connectivity index is 0.000000371. The average molecular weight is 140 g/mol. The molecule has 58 valence electrons. The van der Waals surface area contributed by atoms with E-state index in [4.69, 9.17) is 4.42 Å². The molecule has 0 aromatic carbocycles. The van der Waals surface area contributed by atoms with Crippen molar-refractivity contribution in [1.29, 1.82) is 0 Å². The smallest absolute Gasteiger partial charge is 0.103 e. The minimum absolute atomic E-state index is 1.03. The summed E-state index contributed by atoms with van der Waals surface area (Å²) in [6.45, 7) is 10.1. The standard InChI is InChI=1S/C7H10O.C2H6/c1-5-4-8-7(3)6(5)2;1-2/h4H,1-3H3;1-2H3. The van der Waals surface area contributed by atoms with Crippen LogP contribution in [-0.2, 0) is 0 Å². The molecule has 0 unspecified atom stereocenters. The molecule has 0 aliphatic heterocycles. The van der Waals surface area contributed by atoms with E-state index in [1.807, 2.05) is 27.7 Å². The predicted molar refractivity (Wildman–Crippen MR) is 44.3 cm³/mol. The fourth-order valence-corrected chi connectivity index (χ4v) is 0.631. The van der Waals surface area contributed by atoms with E-state index in [0.29, 0.717) is 0 Å². The zero-order valence-electron chi connectivity index (χ0n) is 7.49. The van der Waals surface area contributed by atoms with E-state index < -0.39 is 0 Å². The Morgan fingerprint density at radius 1 is 1.10 bits per heavy atom. The van der Waals surface area contributed by atoms with E-state index in [0.717, 1.165) is 5.76 Å². The lowest BCUT2D eigenvalue weighted by atomic mass is 10.2. The lowest BCUT2D eigenvalue weighted by molar-refractivity contribution is 0.530. The topological polar surface area (TPSA) is 13.1 Å². The quantitative estimate of drug-likeness (QED) is 0.539. The van der Waals surface area contributed by atoms with Crippen molar-refractivity contribution in [2.45, 2.75) is 34.6 Å².